The summed E-state index contributed by atoms with van der Waals surface area (Å²) in [6.45, 7) is 1.67. The molecule has 0 atom stereocenters. The summed E-state index contributed by atoms with van der Waals surface area (Å²) in [4.78, 5) is 24.4. The van der Waals surface area contributed by atoms with Gasteiger partial charge in [-0.15, -0.1) is 0 Å². The Balaban J connectivity index is 2.25. The lowest BCUT2D eigenvalue weighted by Gasteiger charge is -2.28. The zero-order valence-corrected chi connectivity index (χ0v) is 12.5. The molecule has 1 aliphatic carbocycles. The first-order valence-corrected chi connectivity index (χ1v) is 6.91. The largest absolute Gasteiger partial charge is 0.388 e. The van der Waals surface area contributed by atoms with Crippen LogP contribution in [0.3, 0.4) is 0 Å². The summed E-state index contributed by atoms with van der Waals surface area (Å²) < 4.78 is 1.23. The summed E-state index contributed by atoms with van der Waals surface area (Å²) in [5, 5.41) is 25.4. The summed E-state index contributed by atoms with van der Waals surface area (Å²) in [5.41, 5.74) is -1.000. The second-order valence-electron chi connectivity index (χ2n) is 5.76. The molecule has 1 amide bonds. The van der Waals surface area contributed by atoms with Crippen molar-refractivity contribution in [1.29, 1.82) is 0 Å². The van der Waals surface area contributed by atoms with Crippen LogP contribution in [0.25, 0.3) is 0 Å². The molecule has 0 unspecified atom stereocenters. The lowest BCUT2D eigenvalue weighted by atomic mass is 10.0. The molecule has 1 aliphatic rings. The second-order valence-corrected chi connectivity index (χ2v) is 5.76. The summed E-state index contributed by atoms with van der Waals surface area (Å²) in [6, 6.07) is 0. The van der Waals surface area contributed by atoms with E-state index in [1.807, 2.05) is 0 Å². The van der Waals surface area contributed by atoms with Crippen molar-refractivity contribution in [3.63, 3.8) is 0 Å². The van der Waals surface area contributed by atoms with Crippen molar-refractivity contribution < 1.29 is 14.8 Å². The van der Waals surface area contributed by atoms with Crippen LogP contribution in [0, 0.1) is 17.0 Å². The highest BCUT2D eigenvalue weighted by Gasteiger charge is 2.36. The fraction of sp³-hybridized carbons (Fsp3) is 0.692. The molecule has 1 aromatic heterocycles. The molecule has 8 heteroatoms. The van der Waals surface area contributed by atoms with Crippen LogP contribution in [0.2, 0.25) is 0 Å². The Bertz CT molecular complexity index is 575. The Labute approximate surface area is 122 Å². The Hall–Kier alpha value is -1.96. The fourth-order valence-electron chi connectivity index (χ4n) is 2.99. The van der Waals surface area contributed by atoms with Gasteiger partial charge in [0.25, 0.3) is 5.91 Å². The molecular weight excluding hydrogens is 276 g/mol. The van der Waals surface area contributed by atoms with Gasteiger partial charge >= 0.3 is 5.69 Å². The zero-order valence-electron chi connectivity index (χ0n) is 12.5. The molecule has 1 fully saturated rings. The minimum absolute atomic E-state index is 0.0541. The maximum absolute atomic E-state index is 12.5. The van der Waals surface area contributed by atoms with E-state index in [0.29, 0.717) is 12.8 Å². The third-order valence-corrected chi connectivity index (χ3v) is 3.99. The highest BCUT2D eigenvalue weighted by atomic mass is 16.6. The number of aliphatic hydroxyl groups is 1. The van der Waals surface area contributed by atoms with Crippen LogP contribution >= 0.6 is 0 Å². The van der Waals surface area contributed by atoms with Crippen molar-refractivity contribution in [2.45, 2.75) is 38.2 Å². The number of aryl methyl sites for hydroxylation is 2. The van der Waals surface area contributed by atoms with Gasteiger partial charge in [0.1, 0.15) is 5.69 Å². The number of likely N-dealkylation sites (N-methyl/N-ethyl adjacent to an activating group) is 1. The number of carbonyl (C=O) groups is 1. The second kappa shape index (κ2) is 5.44. The van der Waals surface area contributed by atoms with Gasteiger partial charge in [-0.2, -0.15) is 5.10 Å². The highest BCUT2D eigenvalue weighted by Crippen LogP contribution is 2.31. The Morgan fingerprint density at radius 2 is 2.10 bits per heavy atom. The van der Waals surface area contributed by atoms with Crippen LogP contribution in [-0.2, 0) is 7.05 Å². The quantitative estimate of drug-likeness (QED) is 0.660. The van der Waals surface area contributed by atoms with Gasteiger partial charge in [-0.3, -0.25) is 19.6 Å². The number of nitrogens with zero attached hydrogens (tertiary/aromatic N) is 4. The molecule has 1 heterocycles. The van der Waals surface area contributed by atoms with Crippen molar-refractivity contribution >= 4 is 11.6 Å². The van der Waals surface area contributed by atoms with Crippen molar-refractivity contribution in [3.05, 3.63) is 21.5 Å². The summed E-state index contributed by atoms with van der Waals surface area (Å²) >= 11 is 0. The van der Waals surface area contributed by atoms with E-state index in [4.69, 9.17) is 0 Å². The fourth-order valence-corrected chi connectivity index (χ4v) is 2.99. The van der Waals surface area contributed by atoms with Crippen LogP contribution in [0.1, 0.15) is 41.9 Å². The van der Waals surface area contributed by atoms with Gasteiger partial charge in [-0.05, 0) is 19.8 Å². The maximum atomic E-state index is 12.5. The lowest BCUT2D eigenvalue weighted by Crippen LogP contribution is -2.42. The summed E-state index contributed by atoms with van der Waals surface area (Å²) in [7, 11) is 3.05. The molecule has 21 heavy (non-hydrogen) atoms. The molecule has 0 spiro atoms. The summed E-state index contributed by atoms with van der Waals surface area (Å²) in [5.74, 6) is -0.495. The number of hydrogen-bond donors (Lipinski definition) is 1. The van der Waals surface area contributed by atoms with Gasteiger partial charge < -0.3 is 10.0 Å². The number of carbonyl (C=O) groups excluding carboxylic acids is 1. The monoisotopic (exact) mass is 296 g/mol. The molecule has 1 N–H and O–H groups in total. The highest BCUT2D eigenvalue weighted by molar-refractivity contribution is 5.96. The molecule has 0 bridgehead atoms. The van der Waals surface area contributed by atoms with Crippen molar-refractivity contribution in [1.82, 2.24) is 14.7 Å². The molecule has 1 saturated carbocycles. The van der Waals surface area contributed by atoms with Gasteiger partial charge in [0.05, 0.1) is 10.5 Å². The first-order valence-electron chi connectivity index (χ1n) is 6.91. The SMILES string of the molecule is Cc1nn(C)c(C(=O)N(C)CC2(O)CCCC2)c1[N+](=O)[O-]. The average Bonchev–Trinajstić information content (AvgIpc) is 2.92. The van der Waals surface area contributed by atoms with Crippen LogP contribution in [0.15, 0.2) is 0 Å². The van der Waals surface area contributed by atoms with Gasteiger partial charge in [0.2, 0.25) is 5.69 Å². The van der Waals surface area contributed by atoms with E-state index < -0.39 is 16.4 Å². The molecule has 0 saturated heterocycles. The van der Waals surface area contributed by atoms with E-state index >= 15 is 0 Å². The van der Waals surface area contributed by atoms with Crippen molar-refractivity contribution in [2.75, 3.05) is 13.6 Å². The molecule has 116 valence electrons. The minimum Gasteiger partial charge on any atom is -0.388 e. The minimum atomic E-state index is -0.882. The van der Waals surface area contributed by atoms with Gasteiger partial charge in [-0.1, -0.05) is 12.8 Å². The standard InChI is InChI=1S/C13H20N4O4/c1-9-10(17(20)21)11(16(3)14-9)12(18)15(2)8-13(19)6-4-5-7-13/h19H,4-8H2,1-3H3. The Morgan fingerprint density at radius 1 is 1.52 bits per heavy atom. The van der Waals surface area contributed by atoms with Crippen molar-refractivity contribution in [2.24, 2.45) is 7.05 Å². The molecule has 0 aromatic carbocycles. The number of amides is 1. The molecule has 0 radical (unpaired) electrons. The molecule has 8 nitrogen and oxygen atoms in total. The third kappa shape index (κ3) is 2.90. The topological polar surface area (TPSA) is 102 Å². The van der Waals surface area contributed by atoms with E-state index in [1.54, 1.807) is 7.05 Å². The predicted molar refractivity (Wildman–Crippen MR) is 75.0 cm³/mol. The lowest BCUT2D eigenvalue weighted by molar-refractivity contribution is -0.385. The van der Waals surface area contributed by atoms with Crippen LogP contribution in [0.5, 0.6) is 0 Å². The van der Waals surface area contributed by atoms with Crippen LogP contribution < -0.4 is 0 Å². The van der Waals surface area contributed by atoms with E-state index in [2.05, 4.69) is 5.10 Å². The number of hydrogen-bond acceptors (Lipinski definition) is 5. The molecule has 2 rings (SSSR count). The van der Waals surface area contributed by atoms with Crippen molar-refractivity contribution in [3.8, 4) is 0 Å². The number of rotatable bonds is 4. The van der Waals surface area contributed by atoms with Gasteiger partial charge in [-0.25, -0.2) is 0 Å². The van der Waals surface area contributed by atoms with E-state index in [9.17, 15) is 20.0 Å². The smallest absolute Gasteiger partial charge is 0.322 e. The third-order valence-electron chi connectivity index (χ3n) is 3.99. The normalized spacial score (nSPS) is 17.0. The predicted octanol–water partition coefficient (Wildman–Crippen LogP) is 1.01. The van der Waals surface area contributed by atoms with E-state index in [1.165, 1.54) is 23.6 Å². The van der Waals surface area contributed by atoms with Gasteiger partial charge in [0.15, 0.2) is 0 Å². The average molecular weight is 296 g/mol. The number of nitro groups is 1. The Kier molecular flexibility index (Phi) is 3.99. The molecular formula is C13H20N4O4. The van der Waals surface area contributed by atoms with Crippen LogP contribution in [0.4, 0.5) is 5.69 Å². The van der Waals surface area contributed by atoms with Crippen LogP contribution in [-0.4, -0.2) is 49.8 Å². The molecule has 1 aromatic rings. The Morgan fingerprint density at radius 3 is 2.62 bits per heavy atom. The zero-order chi connectivity index (χ0) is 15.8. The van der Waals surface area contributed by atoms with Gasteiger partial charge in [0, 0.05) is 20.6 Å². The van der Waals surface area contributed by atoms with E-state index in [-0.39, 0.29) is 23.6 Å². The van der Waals surface area contributed by atoms with E-state index in [0.717, 1.165) is 12.8 Å². The maximum Gasteiger partial charge on any atom is 0.322 e. The summed E-state index contributed by atoms with van der Waals surface area (Å²) in [6.07, 6.45) is 3.17. The first-order chi connectivity index (χ1) is 9.75. The molecule has 0 aliphatic heterocycles. The first kappa shape index (κ1) is 15.4. The number of aromatic nitrogens is 2.